The summed E-state index contributed by atoms with van der Waals surface area (Å²) in [7, 11) is 0. The Morgan fingerprint density at radius 2 is 2.06 bits per heavy atom. The van der Waals surface area contributed by atoms with E-state index >= 15 is 0 Å². The summed E-state index contributed by atoms with van der Waals surface area (Å²) in [6.07, 6.45) is 11.6. The van der Waals surface area contributed by atoms with Crippen LogP contribution < -0.4 is 27.3 Å². The van der Waals surface area contributed by atoms with Gasteiger partial charge in [0.15, 0.2) is 0 Å². The number of unbranched alkanes of at least 4 members (excludes halogenated alkanes) is 3. The summed E-state index contributed by atoms with van der Waals surface area (Å²) in [5, 5.41) is 0. The van der Waals surface area contributed by atoms with Gasteiger partial charge in [0.1, 0.15) is 18.9 Å². The standard InChI is InChI=1S/C12H24N3.BrH/c1-3-4-5-6-7-14-8-9-15(11-14)10-12(2)13;/h8-9,11-12H,3-7,10,13H2,1-2H3;1H/q+1;/p-1/t12-;/m0./s1. The molecule has 3 nitrogen and oxygen atoms in total. The Hall–Kier alpha value is -0.350. The summed E-state index contributed by atoms with van der Waals surface area (Å²) in [6, 6.07) is 0.228. The van der Waals surface area contributed by atoms with Crippen LogP contribution in [0.4, 0.5) is 0 Å². The summed E-state index contributed by atoms with van der Waals surface area (Å²) in [5.41, 5.74) is 5.74. The van der Waals surface area contributed by atoms with Gasteiger partial charge in [0, 0.05) is 6.04 Å². The molecule has 1 aromatic rings. The van der Waals surface area contributed by atoms with Crippen LogP contribution in [0.1, 0.15) is 39.5 Å². The van der Waals surface area contributed by atoms with Crippen molar-refractivity contribution >= 4 is 0 Å². The van der Waals surface area contributed by atoms with E-state index in [1.165, 1.54) is 25.7 Å². The van der Waals surface area contributed by atoms with E-state index in [1.807, 2.05) is 6.92 Å². The van der Waals surface area contributed by atoms with Crippen molar-refractivity contribution in [2.24, 2.45) is 5.73 Å². The molecule has 0 radical (unpaired) electrons. The fraction of sp³-hybridized carbons (Fsp3) is 0.750. The number of aryl methyl sites for hydroxylation is 1. The maximum Gasteiger partial charge on any atom is 0.243 e. The average molecular weight is 290 g/mol. The third-order valence-corrected chi connectivity index (χ3v) is 2.51. The molecule has 0 bridgehead atoms. The fourth-order valence-corrected chi connectivity index (χ4v) is 1.73. The lowest BCUT2D eigenvalue weighted by Gasteiger charge is -1.99. The van der Waals surface area contributed by atoms with Crippen molar-refractivity contribution in [2.45, 2.75) is 58.7 Å². The van der Waals surface area contributed by atoms with Crippen molar-refractivity contribution in [1.29, 1.82) is 0 Å². The first-order chi connectivity index (χ1) is 7.22. The molecule has 1 heterocycles. The zero-order valence-electron chi connectivity index (χ0n) is 10.4. The zero-order valence-corrected chi connectivity index (χ0v) is 12.0. The minimum Gasteiger partial charge on any atom is -1.00 e. The molecule has 0 spiro atoms. The van der Waals surface area contributed by atoms with Gasteiger partial charge in [-0.15, -0.1) is 0 Å². The molecule has 1 atom stereocenters. The highest BCUT2D eigenvalue weighted by Gasteiger charge is 2.04. The van der Waals surface area contributed by atoms with Crippen LogP contribution in [0.5, 0.6) is 0 Å². The van der Waals surface area contributed by atoms with Crippen LogP contribution in [0.15, 0.2) is 18.7 Å². The van der Waals surface area contributed by atoms with E-state index in [-0.39, 0.29) is 23.0 Å². The Morgan fingerprint density at radius 3 is 2.69 bits per heavy atom. The highest BCUT2D eigenvalue weighted by Crippen LogP contribution is 1.98. The molecule has 0 aromatic carbocycles. The Morgan fingerprint density at radius 1 is 1.31 bits per heavy atom. The van der Waals surface area contributed by atoms with Crippen molar-refractivity contribution in [1.82, 2.24) is 4.57 Å². The van der Waals surface area contributed by atoms with Gasteiger partial charge in [-0.05, 0) is 19.8 Å². The van der Waals surface area contributed by atoms with Crippen molar-refractivity contribution < 1.29 is 21.5 Å². The van der Waals surface area contributed by atoms with E-state index in [2.05, 4.69) is 34.8 Å². The second-order valence-corrected chi connectivity index (χ2v) is 4.39. The lowest BCUT2D eigenvalue weighted by atomic mass is 10.2. The summed E-state index contributed by atoms with van der Waals surface area (Å²) >= 11 is 0. The molecule has 0 aliphatic carbocycles. The number of aromatic nitrogens is 2. The minimum absolute atomic E-state index is 0. The van der Waals surface area contributed by atoms with Gasteiger partial charge < -0.3 is 22.7 Å². The molecule has 0 aliphatic heterocycles. The molecule has 0 unspecified atom stereocenters. The molecule has 94 valence electrons. The molecule has 0 fully saturated rings. The Bertz CT molecular complexity index is 271. The maximum absolute atomic E-state index is 5.74. The number of nitrogens with two attached hydrogens (primary N) is 1. The summed E-state index contributed by atoms with van der Waals surface area (Å²) in [5.74, 6) is 0. The second-order valence-electron chi connectivity index (χ2n) is 4.39. The SMILES string of the molecule is CCCCCC[n+]1ccn(C[C@H](C)N)c1.[Br-]. The maximum atomic E-state index is 5.74. The van der Waals surface area contributed by atoms with Crippen molar-refractivity contribution in [2.75, 3.05) is 0 Å². The molecule has 0 aliphatic rings. The summed E-state index contributed by atoms with van der Waals surface area (Å²) < 4.78 is 4.41. The van der Waals surface area contributed by atoms with E-state index in [4.69, 9.17) is 5.73 Å². The van der Waals surface area contributed by atoms with Crippen LogP contribution in [-0.4, -0.2) is 10.6 Å². The molecule has 1 rings (SSSR count). The predicted octanol–water partition coefficient (Wildman–Crippen LogP) is -1.29. The highest BCUT2D eigenvalue weighted by atomic mass is 79.9. The zero-order chi connectivity index (χ0) is 11.1. The number of rotatable bonds is 7. The van der Waals surface area contributed by atoms with E-state index in [1.54, 1.807) is 0 Å². The molecule has 4 heteroatoms. The first-order valence-corrected chi connectivity index (χ1v) is 6.02. The van der Waals surface area contributed by atoms with Gasteiger partial charge in [0.05, 0.1) is 6.54 Å². The van der Waals surface area contributed by atoms with Gasteiger partial charge in [-0.25, -0.2) is 9.13 Å². The first kappa shape index (κ1) is 15.7. The molecule has 1 aromatic heterocycles. The number of hydrogen-bond acceptors (Lipinski definition) is 1. The van der Waals surface area contributed by atoms with E-state index < -0.39 is 0 Å². The highest BCUT2D eigenvalue weighted by molar-refractivity contribution is 4.68. The number of imidazole rings is 1. The Labute approximate surface area is 109 Å². The van der Waals surface area contributed by atoms with Crippen molar-refractivity contribution in [3.63, 3.8) is 0 Å². The molecular weight excluding hydrogens is 266 g/mol. The smallest absolute Gasteiger partial charge is 0.243 e. The quantitative estimate of drug-likeness (QED) is 0.492. The second kappa shape index (κ2) is 8.76. The van der Waals surface area contributed by atoms with Gasteiger partial charge in [-0.1, -0.05) is 19.8 Å². The van der Waals surface area contributed by atoms with Crippen LogP contribution in [0.2, 0.25) is 0 Å². The van der Waals surface area contributed by atoms with Crippen LogP contribution in [-0.2, 0) is 13.1 Å². The minimum atomic E-state index is 0. The molecule has 2 N–H and O–H groups in total. The Balaban J connectivity index is 0.00000225. The first-order valence-electron chi connectivity index (χ1n) is 6.02. The molecular formula is C12H24BrN3. The number of nitrogens with zero attached hydrogens (tertiary/aromatic N) is 2. The Kier molecular flexibility index (Phi) is 8.57. The molecule has 16 heavy (non-hydrogen) atoms. The van der Waals surface area contributed by atoms with E-state index in [0.29, 0.717) is 0 Å². The molecule has 0 saturated carbocycles. The van der Waals surface area contributed by atoms with Crippen LogP contribution in [0, 0.1) is 0 Å². The lowest BCUT2D eigenvalue weighted by Crippen LogP contribution is -3.00. The topological polar surface area (TPSA) is 34.8 Å². The van der Waals surface area contributed by atoms with Gasteiger partial charge >= 0.3 is 0 Å². The number of hydrogen-bond donors (Lipinski definition) is 1. The lowest BCUT2D eigenvalue weighted by molar-refractivity contribution is -0.696. The van der Waals surface area contributed by atoms with Crippen molar-refractivity contribution in [3.8, 4) is 0 Å². The average Bonchev–Trinajstić information content (AvgIpc) is 2.59. The van der Waals surface area contributed by atoms with Gasteiger partial charge in [0.2, 0.25) is 6.33 Å². The van der Waals surface area contributed by atoms with Crippen LogP contribution in [0.25, 0.3) is 0 Å². The largest absolute Gasteiger partial charge is 1.00 e. The third-order valence-electron chi connectivity index (χ3n) is 2.51. The third kappa shape index (κ3) is 6.28. The van der Waals surface area contributed by atoms with Crippen LogP contribution >= 0.6 is 0 Å². The van der Waals surface area contributed by atoms with E-state index in [0.717, 1.165) is 13.1 Å². The van der Waals surface area contributed by atoms with E-state index in [9.17, 15) is 0 Å². The molecule has 0 saturated heterocycles. The predicted molar refractivity (Wildman–Crippen MR) is 62.4 cm³/mol. The summed E-state index contributed by atoms with van der Waals surface area (Å²) in [6.45, 7) is 6.31. The molecule has 0 amide bonds. The fourth-order valence-electron chi connectivity index (χ4n) is 1.73. The normalized spacial score (nSPS) is 12.2. The van der Waals surface area contributed by atoms with Gasteiger partial charge in [-0.2, -0.15) is 0 Å². The summed E-state index contributed by atoms with van der Waals surface area (Å²) in [4.78, 5) is 0. The monoisotopic (exact) mass is 289 g/mol. The van der Waals surface area contributed by atoms with Crippen LogP contribution in [0.3, 0.4) is 0 Å². The van der Waals surface area contributed by atoms with Crippen molar-refractivity contribution in [3.05, 3.63) is 18.7 Å². The van der Waals surface area contributed by atoms with Gasteiger partial charge in [-0.3, -0.25) is 0 Å². The van der Waals surface area contributed by atoms with Gasteiger partial charge in [0.25, 0.3) is 0 Å². The number of halogens is 1.